The second kappa shape index (κ2) is 5.73. The standard InChI is InChI=1S/C14H19N3O2/c1-4-5-9-19-13-8-6-7-12(15-13)17-14(18)10(2)11(3)16-17/h6-8,16H,4-5,9H2,1-3H3. The minimum atomic E-state index is -0.0734. The Morgan fingerprint density at radius 2 is 2.16 bits per heavy atom. The highest BCUT2D eigenvalue weighted by molar-refractivity contribution is 5.28. The van der Waals surface area contributed by atoms with E-state index in [-0.39, 0.29) is 5.56 Å². The summed E-state index contributed by atoms with van der Waals surface area (Å²) in [6, 6.07) is 5.41. The van der Waals surface area contributed by atoms with Crippen molar-refractivity contribution < 1.29 is 4.74 Å². The molecule has 2 heterocycles. The van der Waals surface area contributed by atoms with Crippen LogP contribution in [0, 0.1) is 13.8 Å². The van der Waals surface area contributed by atoms with Crippen LogP contribution in [0.5, 0.6) is 5.88 Å². The van der Waals surface area contributed by atoms with Crippen molar-refractivity contribution in [2.24, 2.45) is 0 Å². The van der Waals surface area contributed by atoms with Crippen molar-refractivity contribution in [2.45, 2.75) is 33.6 Å². The van der Waals surface area contributed by atoms with E-state index in [4.69, 9.17) is 4.74 Å². The zero-order valence-electron chi connectivity index (χ0n) is 11.6. The van der Waals surface area contributed by atoms with Gasteiger partial charge in [0.25, 0.3) is 5.56 Å². The number of nitrogens with one attached hydrogen (secondary N) is 1. The Labute approximate surface area is 112 Å². The number of aryl methyl sites for hydroxylation is 1. The van der Waals surface area contributed by atoms with Crippen molar-refractivity contribution in [1.82, 2.24) is 14.8 Å². The van der Waals surface area contributed by atoms with E-state index < -0.39 is 0 Å². The highest BCUT2D eigenvalue weighted by Gasteiger charge is 2.09. The Hall–Kier alpha value is -2.04. The van der Waals surface area contributed by atoms with Crippen LogP contribution < -0.4 is 10.3 Å². The number of H-pyrrole nitrogens is 1. The van der Waals surface area contributed by atoms with Gasteiger partial charge in [-0.15, -0.1) is 0 Å². The Morgan fingerprint density at radius 3 is 2.79 bits per heavy atom. The molecule has 0 radical (unpaired) electrons. The first kappa shape index (κ1) is 13.4. The molecule has 0 bridgehead atoms. The van der Waals surface area contributed by atoms with Crippen LogP contribution in [-0.4, -0.2) is 21.4 Å². The van der Waals surface area contributed by atoms with Crippen molar-refractivity contribution in [3.8, 4) is 11.7 Å². The van der Waals surface area contributed by atoms with Gasteiger partial charge in [0.05, 0.1) is 6.61 Å². The maximum Gasteiger partial charge on any atom is 0.275 e. The fraction of sp³-hybridized carbons (Fsp3) is 0.429. The van der Waals surface area contributed by atoms with Crippen LogP contribution in [0.3, 0.4) is 0 Å². The number of aromatic nitrogens is 3. The first-order chi connectivity index (χ1) is 9.13. The SMILES string of the molecule is CCCCOc1cccc(-n2[nH]c(C)c(C)c2=O)n1. The minimum absolute atomic E-state index is 0.0734. The summed E-state index contributed by atoms with van der Waals surface area (Å²) in [5.41, 5.74) is 1.49. The average molecular weight is 261 g/mol. The molecule has 0 amide bonds. The maximum atomic E-state index is 12.0. The van der Waals surface area contributed by atoms with Gasteiger partial charge in [-0.2, -0.15) is 4.98 Å². The molecule has 0 saturated carbocycles. The van der Waals surface area contributed by atoms with E-state index in [9.17, 15) is 4.79 Å². The van der Waals surface area contributed by atoms with Crippen LogP contribution >= 0.6 is 0 Å². The second-order valence-electron chi connectivity index (χ2n) is 4.54. The Morgan fingerprint density at radius 1 is 1.37 bits per heavy atom. The van der Waals surface area contributed by atoms with E-state index in [0.717, 1.165) is 18.5 Å². The van der Waals surface area contributed by atoms with Crippen LogP contribution in [0.2, 0.25) is 0 Å². The number of hydrogen-bond acceptors (Lipinski definition) is 3. The third-order valence-electron chi connectivity index (χ3n) is 3.05. The van der Waals surface area contributed by atoms with Crippen molar-refractivity contribution in [1.29, 1.82) is 0 Å². The van der Waals surface area contributed by atoms with Gasteiger partial charge in [-0.3, -0.25) is 9.89 Å². The lowest BCUT2D eigenvalue weighted by atomic mass is 10.3. The number of ether oxygens (including phenoxy) is 1. The number of nitrogens with zero attached hydrogens (tertiary/aromatic N) is 2. The first-order valence-electron chi connectivity index (χ1n) is 6.52. The Bertz CT molecular complexity index is 613. The quantitative estimate of drug-likeness (QED) is 0.840. The molecule has 0 aliphatic carbocycles. The summed E-state index contributed by atoms with van der Waals surface area (Å²) in [5, 5.41) is 3.01. The molecule has 102 valence electrons. The number of hydrogen-bond donors (Lipinski definition) is 1. The molecule has 5 heteroatoms. The van der Waals surface area contributed by atoms with Crippen molar-refractivity contribution in [2.75, 3.05) is 6.61 Å². The predicted octanol–water partition coefficient (Wildman–Crippen LogP) is 2.36. The molecule has 0 atom stereocenters. The molecule has 0 aromatic carbocycles. The van der Waals surface area contributed by atoms with Gasteiger partial charge in [0.2, 0.25) is 5.88 Å². The summed E-state index contributed by atoms with van der Waals surface area (Å²) in [7, 11) is 0. The molecule has 2 rings (SSSR count). The topological polar surface area (TPSA) is 59.9 Å². The summed E-state index contributed by atoms with van der Waals surface area (Å²) in [6.45, 7) is 6.42. The third kappa shape index (κ3) is 2.86. The van der Waals surface area contributed by atoms with Gasteiger partial charge in [-0.05, 0) is 26.3 Å². The fourth-order valence-corrected chi connectivity index (χ4v) is 1.72. The van der Waals surface area contributed by atoms with Crippen molar-refractivity contribution >= 4 is 0 Å². The first-order valence-corrected chi connectivity index (χ1v) is 6.52. The second-order valence-corrected chi connectivity index (χ2v) is 4.54. The molecule has 19 heavy (non-hydrogen) atoms. The molecule has 0 fully saturated rings. The number of unbranched alkanes of at least 4 members (excludes halogenated alkanes) is 1. The minimum Gasteiger partial charge on any atom is -0.478 e. The van der Waals surface area contributed by atoms with E-state index in [1.54, 1.807) is 19.1 Å². The van der Waals surface area contributed by atoms with Gasteiger partial charge < -0.3 is 4.74 Å². The summed E-state index contributed by atoms with van der Waals surface area (Å²) in [5.74, 6) is 1.10. The van der Waals surface area contributed by atoms with Gasteiger partial charge in [-0.1, -0.05) is 19.4 Å². The lowest BCUT2D eigenvalue weighted by Crippen LogP contribution is -2.17. The van der Waals surface area contributed by atoms with Gasteiger partial charge in [-0.25, -0.2) is 4.68 Å². The third-order valence-corrected chi connectivity index (χ3v) is 3.05. The molecule has 0 aliphatic heterocycles. The zero-order valence-corrected chi connectivity index (χ0v) is 11.6. The summed E-state index contributed by atoms with van der Waals surface area (Å²) in [6.07, 6.45) is 2.07. The molecular formula is C14H19N3O2. The summed E-state index contributed by atoms with van der Waals surface area (Å²) in [4.78, 5) is 16.4. The van der Waals surface area contributed by atoms with Crippen LogP contribution in [0.4, 0.5) is 0 Å². The lowest BCUT2D eigenvalue weighted by Gasteiger charge is -2.06. The molecule has 0 saturated heterocycles. The van der Waals surface area contributed by atoms with E-state index in [1.807, 2.05) is 13.0 Å². The summed E-state index contributed by atoms with van der Waals surface area (Å²) < 4.78 is 6.99. The number of rotatable bonds is 5. The highest BCUT2D eigenvalue weighted by atomic mass is 16.5. The highest BCUT2D eigenvalue weighted by Crippen LogP contribution is 2.11. The van der Waals surface area contributed by atoms with Gasteiger partial charge in [0, 0.05) is 17.3 Å². The normalized spacial score (nSPS) is 10.7. The van der Waals surface area contributed by atoms with Crippen LogP contribution in [0.1, 0.15) is 31.0 Å². The monoisotopic (exact) mass is 261 g/mol. The lowest BCUT2D eigenvalue weighted by molar-refractivity contribution is 0.297. The predicted molar refractivity (Wildman–Crippen MR) is 74.1 cm³/mol. The Kier molecular flexibility index (Phi) is 4.04. The van der Waals surface area contributed by atoms with Crippen LogP contribution in [0.15, 0.2) is 23.0 Å². The van der Waals surface area contributed by atoms with Crippen molar-refractivity contribution in [3.05, 3.63) is 39.8 Å². The number of pyridine rings is 1. The smallest absolute Gasteiger partial charge is 0.275 e. The Balaban J connectivity index is 2.27. The van der Waals surface area contributed by atoms with Crippen LogP contribution in [-0.2, 0) is 0 Å². The molecule has 1 N–H and O–H groups in total. The molecule has 2 aromatic heterocycles. The molecule has 5 nitrogen and oxygen atoms in total. The van der Waals surface area contributed by atoms with Gasteiger partial charge >= 0.3 is 0 Å². The zero-order chi connectivity index (χ0) is 13.8. The number of aromatic amines is 1. The van der Waals surface area contributed by atoms with Crippen LogP contribution in [0.25, 0.3) is 5.82 Å². The van der Waals surface area contributed by atoms with Gasteiger partial charge in [0.1, 0.15) is 0 Å². The molecule has 0 spiro atoms. The fourth-order valence-electron chi connectivity index (χ4n) is 1.72. The largest absolute Gasteiger partial charge is 0.478 e. The van der Waals surface area contributed by atoms with E-state index >= 15 is 0 Å². The average Bonchev–Trinajstić information content (AvgIpc) is 2.67. The molecule has 0 aliphatic rings. The van der Waals surface area contributed by atoms with E-state index in [2.05, 4.69) is 17.0 Å². The van der Waals surface area contributed by atoms with E-state index in [0.29, 0.717) is 23.9 Å². The molecule has 2 aromatic rings. The summed E-state index contributed by atoms with van der Waals surface area (Å²) >= 11 is 0. The van der Waals surface area contributed by atoms with Crippen molar-refractivity contribution in [3.63, 3.8) is 0 Å². The maximum absolute atomic E-state index is 12.0. The van der Waals surface area contributed by atoms with Gasteiger partial charge in [0.15, 0.2) is 5.82 Å². The van der Waals surface area contributed by atoms with E-state index in [1.165, 1.54) is 4.68 Å². The molecule has 0 unspecified atom stereocenters. The molecular weight excluding hydrogens is 242 g/mol.